The molecule has 1 aromatic rings. The number of fused-ring (bicyclic) bond motifs is 1. The molecule has 0 spiro atoms. The van der Waals surface area contributed by atoms with Gasteiger partial charge in [0.05, 0.1) is 5.75 Å². The van der Waals surface area contributed by atoms with Crippen LogP contribution in [0.5, 0.6) is 0 Å². The second-order valence-electron chi connectivity index (χ2n) is 5.19. The Labute approximate surface area is 113 Å². The van der Waals surface area contributed by atoms with Gasteiger partial charge in [-0.1, -0.05) is 0 Å². The van der Waals surface area contributed by atoms with Gasteiger partial charge in [-0.15, -0.1) is 0 Å². The maximum Gasteiger partial charge on any atom is 0.225 e. The molecular weight excluding hydrogens is 264 g/mol. The van der Waals surface area contributed by atoms with Crippen LogP contribution in [0.25, 0.3) is 0 Å². The van der Waals surface area contributed by atoms with E-state index in [0.29, 0.717) is 24.9 Å². The molecule has 3 heterocycles. The van der Waals surface area contributed by atoms with E-state index in [4.69, 9.17) is 0 Å². The van der Waals surface area contributed by atoms with E-state index in [-0.39, 0.29) is 5.75 Å². The molecule has 0 unspecified atom stereocenters. The van der Waals surface area contributed by atoms with E-state index in [1.54, 1.807) is 29.7 Å². The van der Waals surface area contributed by atoms with E-state index < -0.39 is 10.0 Å². The number of hydrogen-bond donors (Lipinski definition) is 0. The molecule has 0 radical (unpaired) electrons. The molecule has 0 bridgehead atoms. The number of nitrogens with zero attached hydrogens (tertiary/aromatic N) is 4. The second kappa shape index (κ2) is 4.72. The van der Waals surface area contributed by atoms with Crippen LogP contribution in [0.15, 0.2) is 18.5 Å². The zero-order chi connectivity index (χ0) is 13.5. The average Bonchev–Trinajstić information content (AvgIpc) is 2.98. The fourth-order valence-electron chi connectivity index (χ4n) is 2.98. The number of hydrogen-bond acceptors (Lipinski definition) is 5. The van der Waals surface area contributed by atoms with Gasteiger partial charge in [0.2, 0.25) is 16.0 Å². The molecule has 2 fully saturated rings. The van der Waals surface area contributed by atoms with Crippen LogP contribution in [0.3, 0.4) is 0 Å². The number of anilines is 1. The molecule has 0 amide bonds. The van der Waals surface area contributed by atoms with Gasteiger partial charge < -0.3 is 4.90 Å². The minimum Gasteiger partial charge on any atom is -0.340 e. The quantitative estimate of drug-likeness (QED) is 0.792. The standard InChI is InChI=1S/C12H18N4O2S/c1-2-19(17,18)16-8-10-6-15(7-11(10)9-16)12-13-4-3-5-14-12/h3-5,10-11H,2,6-9H2,1H3/t10-,11+. The van der Waals surface area contributed by atoms with Gasteiger partial charge >= 0.3 is 0 Å². The summed E-state index contributed by atoms with van der Waals surface area (Å²) in [7, 11) is -3.04. The molecule has 2 atom stereocenters. The van der Waals surface area contributed by atoms with Crippen LogP contribution in [0.1, 0.15) is 6.92 Å². The fraction of sp³-hybridized carbons (Fsp3) is 0.667. The average molecular weight is 282 g/mol. The van der Waals surface area contributed by atoms with Crippen molar-refractivity contribution in [3.05, 3.63) is 18.5 Å². The summed E-state index contributed by atoms with van der Waals surface area (Å²) in [6.45, 7) is 4.69. The number of rotatable bonds is 3. The van der Waals surface area contributed by atoms with E-state index in [0.717, 1.165) is 19.0 Å². The zero-order valence-corrected chi connectivity index (χ0v) is 11.8. The molecular formula is C12H18N4O2S. The highest BCUT2D eigenvalue weighted by molar-refractivity contribution is 7.89. The lowest BCUT2D eigenvalue weighted by atomic mass is 10.0. The van der Waals surface area contributed by atoms with Crippen LogP contribution in [-0.4, -0.2) is 54.6 Å². The van der Waals surface area contributed by atoms with Crippen LogP contribution in [0, 0.1) is 11.8 Å². The number of sulfonamides is 1. The summed E-state index contributed by atoms with van der Waals surface area (Å²) in [5.74, 6) is 1.76. The van der Waals surface area contributed by atoms with E-state index in [1.165, 1.54) is 0 Å². The first kappa shape index (κ1) is 12.8. The van der Waals surface area contributed by atoms with Crippen LogP contribution in [0.4, 0.5) is 5.95 Å². The summed E-state index contributed by atoms with van der Waals surface area (Å²) in [4.78, 5) is 10.7. The predicted octanol–water partition coefficient (Wildman–Crippen LogP) is 0.194. The van der Waals surface area contributed by atoms with Crippen LogP contribution < -0.4 is 4.90 Å². The third-order valence-corrected chi connectivity index (χ3v) is 5.86. The van der Waals surface area contributed by atoms with Crippen LogP contribution in [0.2, 0.25) is 0 Å². The Kier molecular flexibility index (Phi) is 3.18. The highest BCUT2D eigenvalue weighted by atomic mass is 32.2. The van der Waals surface area contributed by atoms with Crippen molar-refractivity contribution in [3.63, 3.8) is 0 Å². The normalized spacial score (nSPS) is 27.7. The molecule has 0 saturated carbocycles. The van der Waals surface area contributed by atoms with Gasteiger partial charge in [-0.25, -0.2) is 22.7 Å². The molecule has 3 rings (SSSR count). The lowest BCUT2D eigenvalue weighted by molar-refractivity contribution is 0.454. The molecule has 6 nitrogen and oxygen atoms in total. The summed E-state index contributed by atoms with van der Waals surface area (Å²) in [6, 6.07) is 1.80. The number of aromatic nitrogens is 2. The van der Waals surface area contributed by atoms with Crippen molar-refractivity contribution in [1.29, 1.82) is 0 Å². The third-order valence-electron chi connectivity index (χ3n) is 4.05. The smallest absolute Gasteiger partial charge is 0.225 e. The monoisotopic (exact) mass is 282 g/mol. The Morgan fingerprint density at radius 1 is 1.16 bits per heavy atom. The van der Waals surface area contributed by atoms with Crippen molar-refractivity contribution in [2.75, 3.05) is 36.8 Å². The highest BCUT2D eigenvalue weighted by Crippen LogP contribution is 2.33. The Bertz CT molecular complexity index is 534. The van der Waals surface area contributed by atoms with Crippen molar-refractivity contribution in [2.45, 2.75) is 6.92 Å². The van der Waals surface area contributed by atoms with Crippen molar-refractivity contribution < 1.29 is 8.42 Å². The van der Waals surface area contributed by atoms with E-state index in [2.05, 4.69) is 14.9 Å². The summed E-state index contributed by atoms with van der Waals surface area (Å²) in [5, 5.41) is 0. The van der Waals surface area contributed by atoms with Crippen molar-refractivity contribution in [3.8, 4) is 0 Å². The molecule has 7 heteroatoms. The van der Waals surface area contributed by atoms with Gasteiger partial charge in [-0.2, -0.15) is 0 Å². The van der Waals surface area contributed by atoms with Crippen molar-refractivity contribution in [2.24, 2.45) is 11.8 Å². The van der Waals surface area contributed by atoms with Gasteiger partial charge in [-0.05, 0) is 24.8 Å². The molecule has 2 aliphatic heterocycles. The highest BCUT2D eigenvalue weighted by Gasteiger charge is 2.43. The van der Waals surface area contributed by atoms with E-state index in [1.807, 2.05) is 0 Å². The lowest BCUT2D eigenvalue weighted by Gasteiger charge is -2.20. The molecule has 2 aliphatic rings. The van der Waals surface area contributed by atoms with Gasteiger partial charge in [0.15, 0.2) is 0 Å². The maximum atomic E-state index is 11.9. The molecule has 19 heavy (non-hydrogen) atoms. The summed E-state index contributed by atoms with van der Waals surface area (Å²) in [5.41, 5.74) is 0. The van der Waals surface area contributed by atoms with Crippen LogP contribution >= 0.6 is 0 Å². The Hall–Kier alpha value is -1.21. The molecule has 0 N–H and O–H groups in total. The first-order valence-corrected chi connectivity index (χ1v) is 8.21. The maximum absolute atomic E-state index is 11.9. The van der Waals surface area contributed by atoms with Crippen LogP contribution in [-0.2, 0) is 10.0 Å². The van der Waals surface area contributed by atoms with E-state index in [9.17, 15) is 8.42 Å². The topological polar surface area (TPSA) is 66.4 Å². The first-order chi connectivity index (χ1) is 9.10. The van der Waals surface area contributed by atoms with Crippen molar-refractivity contribution >= 4 is 16.0 Å². The Balaban J connectivity index is 1.68. The molecule has 0 aliphatic carbocycles. The van der Waals surface area contributed by atoms with Gasteiger partial charge in [0.25, 0.3) is 0 Å². The summed E-state index contributed by atoms with van der Waals surface area (Å²) in [6.07, 6.45) is 3.48. The lowest BCUT2D eigenvalue weighted by Crippen LogP contribution is -2.34. The largest absolute Gasteiger partial charge is 0.340 e. The summed E-state index contributed by atoms with van der Waals surface area (Å²) < 4.78 is 25.4. The predicted molar refractivity (Wildman–Crippen MR) is 72.3 cm³/mol. The van der Waals surface area contributed by atoms with E-state index >= 15 is 0 Å². The van der Waals surface area contributed by atoms with Crippen molar-refractivity contribution in [1.82, 2.24) is 14.3 Å². The summed E-state index contributed by atoms with van der Waals surface area (Å²) >= 11 is 0. The van der Waals surface area contributed by atoms with Gasteiger partial charge in [0.1, 0.15) is 0 Å². The minimum absolute atomic E-state index is 0.192. The third kappa shape index (κ3) is 2.32. The first-order valence-electron chi connectivity index (χ1n) is 6.60. The molecule has 2 saturated heterocycles. The van der Waals surface area contributed by atoms with Gasteiger partial charge in [-0.3, -0.25) is 0 Å². The Morgan fingerprint density at radius 3 is 2.26 bits per heavy atom. The SMILES string of the molecule is CCS(=O)(=O)N1C[C@H]2CN(c3ncccn3)C[C@H]2C1. The Morgan fingerprint density at radius 2 is 1.74 bits per heavy atom. The fourth-order valence-corrected chi connectivity index (χ4v) is 4.18. The molecule has 104 valence electrons. The second-order valence-corrected chi connectivity index (χ2v) is 7.45. The molecule has 1 aromatic heterocycles. The minimum atomic E-state index is -3.04. The molecule has 0 aromatic carbocycles. The van der Waals surface area contributed by atoms with Gasteiger partial charge in [0, 0.05) is 38.6 Å². The zero-order valence-electron chi connectivity index (χ0n) is 10.9.